The van der Waals surface area contributed by atoms with Crippen LogP contribution in [0.2, 0.25) is 0 Å². The van der Waals surface area contributed by atoms with Crippen molar-refractivity contribution in [2.45, 2.75) is 58.4 Å². The first-order valence-corrected chi connectivity index (χ1v) is 12.0. The number of halogens is 3. The molecule has 2 saturated heterocycles. The first kappa shape index (κ1) is 28.2. The Balaban J connectivity index is 1.67. The van der Waals surface area contributed by atoms with Gasteiger partial charge in [0.05, 0.1) is 11.2 Å². The molecule has 204 valence electrons. The van der Waals surface area contributed by atoms with Crippen molar-refractivity contribution in [3.05, 3.63) is 23.7 Å². The molecule has 2 amide bonds. The minimum absolute atomic E-state index is 0.0232. The van der Waals surface area contributed by atoms with E-state index in [1.807, 2.05) is 13.8 Å². The molecule has 13 heteroatoms. The molecule has 3 heterocycles. The summed E-state index contributed by atoms with van der Waals surface area (Å²) < 4.78 is 45.7. The number of carbonyl (C=O) groups is 2. The van der Waals surface area contributed by atoms with Gasteiger partial charge >= 0.3 is 12.3 Å². The van der Waals surface area contributed by atoms with E-state index < -0.39 is 29.1 Å². The lowest BCUT2D eigenvalue weighted by Gasteiger charge is -2.46. The van der Waals surface area contributed by atoms with Crippen LogP contribution in [0.15, 0.2) is 17.3 Å². The topological polar surface area (TPSA) is 117 Å². The van der Waals surface area contributed by atoms with Crippen LogP contribution in [-0.4, -0.2) is 88.4 Å². The van der Waals surface area contributed by atoms with E-state index in [-0.39, 0.29) is 36.2 Å². The Labute approximate surface area is 214 Å². The number of alkyl halides is 3. The molecule has 1 aromatic rings. The van der Waals surface area contributed by atoms with Crippen molar-refractivity contribution in [2.75, 3.05) is 44.2 Å². The summed E-state index contributed by atoms with van der Waals surface area (Å²) in [6, 6.07) is 0.814. The van der Waals surface area contributed by atoms with E-state index in [9.17, 15) is 22.8 Å². The zero-order valence-corrected chi connectivity index (χ0v) is 21.8. The third-order valence-corrected chi connectivity index (χ3v) is 5.94. The van der Waals surface area contributed by atoms with Gasteiger partial charge in [0, 0.05) is 50.7 Å². The van der Waals surface area contributed by atoms with E-state index in [0.717, 1.165) is 18.7 Å². The number of aromatic nitrogens is 2. The van der Waals surface area contributed by atoms with Gasteiger partial charge in [-0.3, -0.25) is 14.7 Å². The van der Waals surface area contributed by atoms with E-state index in [2.05, 4.69) is 15.0 Å². The van der Waals surface area contributed by atoms with Crippen LogP contribution in [0.4, 0.5) is 23.9 Å². The first-order chi connectivity index (χ1) is 17.1. The van der Waals surface area contributed by atoms with Gasteiger partial charge in [-0.05, 0) is 47.1 Å². The van der Waals surface area contributed by atoms with Gasteiger partial charge in [0.1, 0.15) is 12.1 Å². The van der Waals surface area contributed by atoms with E-state index >= 15 is 0 Å². The second kappa shape index (κ2) is 10.5. The molecule has 0 atom stereocenters. The summed E-state index contributed by atoms with van der Waals surface area (Å²) >= 11 is 0. The molecular weight excluding hydrogens is 491 g/mol. The molecule has 0 aliphatic carbocycles. The lowest BCUT2D eigenvalue weighted by molar-refractivity contribution is -0.141. The van der Waals surface area contributed by atoms with Gasteiger partial charge in [0.2, 0.25) is 11.9 Å². The molecule has 37 heavy (non-hydrogen) atoms. The first-order valence-electron chi connectivity index (χ1n) is 12.0. The number of hydrogen-bond acceptors (Lipinski definition) is 8. The molecule has 0 radical (unpaired) electrons. The Hall–Kier alpha value is -3.38. The van der Waals surface area contributed by atoms with Crippen LogP contribution in [-0.2, 0) is 15.7 Å². The largest absolute Gasteiger partial charge is 0.444 e. The molecule has 2 N–H and O–H groups in total. The Morgan fingerprint density at radius 1 is 1.16 bits per heavy atom. The van der Waals surface area contributed by atoms with Crippen molar-refractivity contribution < 1.29 is 27.5 Å². The molecule has 3 rings (SSSR count). The van der Waals surface area contributed by atoms with Crippen LogP contribution < -0.4 is 10.6 Å². The van der Waals surface area contributed by atoms with Gasteiger partial charge in [-0.15, -0.1) is 0 Å². The quantitative estimate of drug-likeness (QED) is 0.588. The highest BCUT2D eigenvalue weighted by Gasteiger charge is 2.40. The number of piperazine rings is 1. The van der Waals surface area contributed by atoms with Gasteiger partial charge < -0.3 is 20.3 Å². The molecule has 2 aliphatic heterocycles. The Morgan fingerprint density at radius 2 is 1.84 bits per heavy atom. The third kappa shape index (κ3) is 7.10. The number of carbonyl (C=O) groups excluding carboxylic acids is 2. The van der Waals surface area contributed by atoms with Crippen molar-refractivity contribution in [3.63, 3.8) is 0 Å². The summed E-state index contributed by atoms with van der Waals surface area (Å²) in [5.74, 6) is -0.311. The lowest BCUT2D eigenvalue weighted by Crippen LogP contribution is -2.62. The Bertz CT molecular complexity index is 1080. The van der Waals surface area contributed by atoms with Gasteiger partial charge in [0.25, 0.3) is 0 Å². The summed E-state index contributed by atoms with van der Waals surface area (Å²) in [5, 5.41) is 0. The summed E-state index contributed by atoms with van der Waals surface area (Å²) in [7, 11) is 0. The highest BCUT2D eigenvalue weighted by Crippen LogP contribution is 2.31. The van der Waals surface area contributed by atoms with Gasteiger partial charge in [-0.2, -0.15) is 13.2 Å². The molecular formula is C24H34F3N7O3. The minimum atomic E-state index is -4.65. The third-order valence-electron chi connectivity index (χ3n) is 5.94. The molecule has 0 saturated carbocycles. The fourth-order valence-electron chi connectivity index (χ4n) is 3.93. The van der Waals surface area contributed by atoms with E-state index in [0.29, 0.717) is 26.2 Å². The second-order valence-corrected chi connectivity index (χ2v) is 10.6. The van der Waals surface area contributed by atoms with E-state index in [1.165, 1.54) is 6.21 Å². The monoisotopic (exact) mass is 525 g/mol. The number of nitrogens with two attached hydrogens (primary N) is 1. The van der Waals surface area contributed by atoms with E-state index in [1.54, 1.807) is 35.5 Å². The van der Waals surface area contributed by atoms with Crippen molar-refractivity contribution in [1.82, 2.24) is 19.8 Å². The number of amides is 2. The van der Waals surface area contributed by atoms with Crippen LogP contribution >= 0.6 is 0 Å². The molecule has 2 aliphatic rings. The van der Waals surface area contributed by atoms with Crippen molar-refractivity contribution >= 4 is 29.7 Å². The number of rotatable bonds is 5. The summed E-state index contributed by atoms with van der Waals surface area (Å²) in [6.45, 7) is 10.8. The lowest BCUT2D eigenvalue weighted by atomic mass is 9.99. The summed E-state index contributed by atoms with van der Waals surface area (Å²) in [5.41, 5.74) is 3.40. The molecule has 1 aromatic heterocycles. The molecule has 0 unspecified atom stereocenters. The SMILES string of the molecule is CC(C)(C)OC(=O)N1CCN(C(=O)CN=CC(=CN)c2cc(C(F)(F)F)nc(N3CCC3)n2)CC1(C)C. The molecule has 10 nitrogen and oxygen atoms in total. The number of aliphatic imine (C=N–C) groups is 1. The molecule has 0 bridgehead atoms. The average Bonchev–Trinajstić information content (AvgIpc) is 2.72. The predicted octanol–water partition coefficient (Wildman–Crippen LogP) is 2.93. The average molecular weight is 526 g/mol. The normalized spacial score (nSPS) is 18.7. The van der Waals surface area contributed by atoms with Crippen molar-refractivity contribution in [3.8, 4) is 0 Å². The molecule has 2 fully saturated rings. The Morgan fingerprint density at radius 3 is 2.35 bits per heavy atom. The number of ether oxygens (including phenoxy) is 1. The van der Waals surface area contributed by atoms with Crippen LogP contribution in [0.3, 0.4) is 0 Å². The predicted molar refractivity (Wildman–Crippen MR) is 133 cm³/mol. The van der Waals surface area contributed by atoms with Crippen LogP contribution in [0.5, 0.6) is 0 Å². The highest BCUT2D eigenvalue weighted by atomic mass is 19.4. The Kier molecular flexibility index (Phi) is 8.03. The van der Waals surface area contributed by atoms with Gasteiger partial charge in [-0.25, -0.2) is 14.8 Å². The number of allylic oxidation sites excluding steroid dienone is 1. The highest BCUT2D eigenvalue weighted by molar-refractivity contribution is 6.09. The van der Waals surface area contributed by atoms with Gasteiger partial charge in [-0.1, -0.05) is 0 Å². The van der Waals surface area contributed by atoms with Crippen LogP contribution in [0.25, 0.3) is 5.57 Å². The molecule has 0 aromatic carbocycles. The van der Waals surface area contributed by atoms with Crippen LogP contribution in [0, 0.1) is 0 Å². The second-order valence-electron chi connectivity index (χ2n) is 10.6. The van der Waals surface area contributed by atoms with Gasteiger partial charge in [0.15, 0.2) is 5.69 Å². The molecule has 0 spiro atoms. The smallest absolute Gasteiger partial charge is 0.433 e. The maximum Gasteiger partial charge on any atom is 0.433 e. The fraction of sp³-hybridized carbons (Fsp3) is 0.625. The maximum atomic E-state index is 13.4. The zero-order chi connectivity index (χ0) is 27.6. The van der Waals surface area contributed by atoms with Crippen molar-refractivity contribution in [1.29, 1.82) is 0 Å². The fourth-order valence-corrected chi connectivity index (χ4v) is 3.93. The standard InChI is InChI=1S/C24H34F3N7O3/c1-22(2,3)37-21(36)34-10-9-33(15-23(34,4)5)19(35)14-29-13-16(12-28)17-11-18(24(25,26)27)31-20(30-17)32-7-6-8-32/h11-13H,6-10,14-15,28H2,1-5H3. The minimum Gasteiger partial charge on any atom is -0.444 e. The summed E-state index contributed by atoms with van der Waals surface area (Å²) in [6.07, 6.45) is -1.91. The maximum absolute atomic E-state index is 13.4. The number of anilines is 1. The summed E-state index contributed by atoms with van der Waals surface area (Å²) in [4.78, 5) is 42.2. The van der Waals surface area contributed by atoms with E-state index in [4.69, 9.17) is 10.5 Å². The number of nitrogens with zero attached hydrogens (tertiary/aromatic N) is 6. The van der Waals surface area contributed by atoms with Crippen LogP contribution in [0.1, 0.15) is 52.4 Å². The van der Waals surface area contributed by atoms with Crippen molar-refractivity contribution in [2.24, 2.45) is 10.7 Å². The zero-order valence-electron chi connectivity index (χ0n) is 21.8. The number of hydrogen-bond donors (Lipinski definition) is 1.